The minimum Gasteiger partial charge on any atom is -0.508 e. The number of aryl methyl sites for hydroxylation is 1. The lowest BCUT2D eigenvalue weighted by Gasteiger charge is -2.45. The average Bonchev–Trinajstić information content (AvgIpc) is 2.81. The number of hydrogen-bond acceptors (Lipinski definition) is 3. The van der Waals surface area contributed by atoms with Crippen LogP contribution in [0.2, 0.25) is 0 Å². The summed E-state index contributed by atoms with van der Waals surface area (Å²) in [5.41, 5.74) is 0.971. The number of phenols is 1. The molecule has 2 saturated carbocycles. The van der Waals surface area contributed by atoms with E-state index < -0.39 is 5.60 Å². The van der Waals surface area contributed by atoms with Crippen molar-refractivity contribution >= 4 is 0 Å². The van der Waals surface area contributed by atoms with Crippen LogP contribution in [0.4, 0.5) is 0 Å². The second kappa shape index (κ2) is 5.29. The molecule has 4 atom stereocenters. The fourth-order valence-electron chi connectivity index (χ4n) is 4.55. The lowest BCUT2D eigenvalue weighted by molar-refractivity contribution is -0.0892. The molecule has 0 saturated heterocycles. The predicted octanol–water partition coefficient (Wildman–Crippen LogP) is 2.89. The molecule has 1 aromatic carbocycles. The van der Waals surface area contributed by atoms with Crippen LogP contribution in [0.3, 0.4) is 0 Å². The number of rotatable bonds is 3. The summed E-state index contributed by atoms with van der Waals surface area (Å²) < 4.78 is 0. The fraction of sp³-hybridized carbons (Fsp3) is 0.667. The molecule has 3 nitrogen and oxygen atoms in total. The second-order valence-corrected chi connectivity index (χ2v) is 7.44. The first-order chi connectivity index (χ1) is 9.90. The van der Waals surface area contributed by atoms with Gasteiger partial charge >= 0.3 is 0 Å². The summed E-state index contributed by atoms with van der Waals surface area (Å²) in [6.45, 7) is 2.80. The first kappa shape index (κ1) is 14.9. The lowest BCUT2D eigenvalue weighted by atomic mass is 9.66. The number of hydrogen-bond donors (Lipinski definition) is 2. The zero-order chi connectivity index (χ0) is 15.2. The molecule has 116 valence electrons. The maximum absolute atomic E-state index is 11.5. The van der Waals surface area contributed by atoms with Gasteiger partial charge < -0.3 is 15.1 Å². The SMILES string of the molecule is Cc1ccc(C2(O)CC3CC[C@@H](C3)[C@@H]2CN(C)C)cc1O. The molecule has 2 aliphatic carbocycles. The monoisotopic (exact) mass is 289 g/mol. The first-order valence-corrected chi connectivity index (χ1v) is 8.07. The van der Waals surface area contributed by atoms with Crippen LogP contribution in [0.15, 0.2) is 18.2 Å². The van der Waals surface area contributed by atoms with Gasteiger partial charge in [0, 0.05) is 12.5 Å². The molecule has 0 radical (unpaired) electrons. The van der Waals surface area contributed by atoms with Crippen molar-refractivity contribution in [2.75, 3.05) is 20.6 Å². The van der Waals surface area contributed by atoms with E-state index in [2.05, 4.69) is 19.0 Å². The highest BCUT2D eigenvalue weighted by atomic mass is 16.3. The van der Waals surface area contributed by atoms with Crippen molar-refractivity contribution in [1.29, 1.82) is 0 Å². The Morgan fingerprint density at radius 2 is 2.05 bits per heavy atom. The van der Waals surface area contributed by atoms with Crippen LogP contribution in [0, 0.1) is 24.7 Å². The molecule has 3 rings (SSSR count). The van der Waals surface area contributed by atoms with Gasteiger partial charge in [-0.05, 0) is 69.3 Å². The summed E-state index contributed by atoms with van der Waals surface area (Å²) in [5.74, 6) is 1.80. The van der Waals surface area contributed by atoms with E-state index in [1.165, 1.54) is 19.3 Å². The van der Waals surface area contributed by atoms with Crippen molar-refractivity contribution in [2.24, 2.45) is 17.8 Å². The van der Waals surface area contributed by atoms with Gasteiger partial charge in [0.15, 0.2) is 0 Å². The number of nitrogens with zero attached hydrogens (tertiary/aromatic N) is 1. The van der Waals surface area contributed by atoms with Gasteiger partial charge in [-0.3, -0.25) is 0 Å². The zero-order valence-corrected chi connectivity index (χ0v) is 13.3. The molecular formula is C18H27NO2. The Bertz CT molecular complexity index is 528. The molecule has 21 heavy (non-hydrogen) atoms. The van der Waals surface area contributed by atoms with Crippen molar-refractivity contribution in [1.82, 2.24) is 4.90 Å². The van der Waals surface area contributed by atoms with Gasteiger partial charge in [-0.2, -0.15) is 0 Å². The number of aromatic hydroxyl groups is 1. The maximum Gasteiger partial charge on any atom is 0.118 e. The molecule has 3 heteroatoms. The molecule has 0 aliphatic heterocycles. The van der Waals surface area contributed by atoms with Crippen molar-refractivity contribution in [3.05, 3.63) is 29.3 Å². The average molecular weight is 289 g/mol. The van der Waals surface area contributed by atoms with Crippen LogP contribution < -0.4 is 0 Å². The Morgan fingerprint density at radius 3 is 2.71 bits per heavy atom. The molecule has 2 bridgehead atoms. The van der Waals surface area contributed by atoms with Crippen LogP contribution in [0.25, 0.3) is 0 Å². The molecule has 2 unspecified atom stereocenters. The van der Waals surface area contributed by atoms with E-state index in [9.17, 15) is 10.2 Å². The highest BCUT2D eigenvalue weighted by Gasteiger charge is 2.51. The summed E-state index contributed by atoms with van der Waals surface area (Å²) in [6.07, 6.45) is 4.58. The molecule has 2 aliphatic rings. The van der Waals surface area contributed by atoms with E-state index in [1.807, 2.05) is 19.1 Å². The van der Waals surface area contributed by atoms with Crippen LogP contribution >= 0.6 is 0 Å². The van der Waals surface area contributed by atoms with Crippen LogP contribution in [-0.2, 0) is 5.60 Å². The molecular weight excluding hydrogens is 262 g/mol. The van der Waals surface area contributed by atoms with E-state index in [-0.39, 0.29) is 5.92 Å². The van der Waals surface area contributed by atoms with E-state index in [0.717, 1.165) is 24.1 Å². The van der Waals surface area contributed by atoms with Gasteiger partial charge in [0.2, 0.25) is 0 Å². The van der Waals surface area contributed by atoms with Gasteiger partial charge in [-0.15, -0.1) is 0 Å². The summed E-state index contributed by atoms with van der Waals surface area (Å²) in [4.78, 5) is 2.18. The molecule has 1 aromatic rings. The van der Waals surface area contributed by atoms with Crippen LogP contribution in [0.1, 0.15) is 36.8 Å². The summed E-state index contributed by atoms with van der Waals surface area (Å²) in [5, 5.41) is 21.5. The van der Waals surface area contributed by atoms with Crippen molar-refractivity contribution in [3.8, 4) is 5.75 Å². The number of fused-ring (bicyclic) bond motifs is 2. The van der Waals surface area contributed by atoms with E-state index in [4.69, 9.17) is 0 Å². The minimum atomic E-state index is -0.792. The molecule has 0 amide bonds. The Hall–Kier alpha value is -1.06. The predicted molar refractivity (Wildman–Crippen MR) is 84.2 cm³/mol. The van der Waals surface area contributed by atoms with E-state index in [1.54, 1.807) is 6.07 Å². The fourth-order valence-corrected chi connectivity index (χ4v) is 4.55. The summed E-state index contributed by atoms with van der Waals surface area (Å²) >= 11 is 0. The zero-order valence-electron chi connectivity index (χ0n) is 13.3. The number of phenolic OH excluding ortho intramolecular Hbond substituents is 1. The third-order valence-electron chi connectivity index (χ3n) is 5.63. The van der Waals surface area contributed by atoms with Gasteiger partial charge in [0.25, 0.3) is 0 Å². The standard InChI is InChI=1S/C18H27NO2/c1-12-4-7-15(9-17(12)20)18(21)10-13-5-6-14(8-13)16(18)11-19(2)3/h4,7,9,13-14,16,20-21H,5-6,8,10-11H2,1-3H3/t13?,14-,16-,18?/m0/s1. The number of aliphatic hydroxyl groups is 1. The smallest absolute Gasteiger partial charge is 0.118 e. The lowest BCUT2D eigenvalue weighted by Crippen LogP contribution is -2.47. The Balaban J connectivity index is 2.00. The minimum absolute atomic E-state index is 0.258. The van der Waals surface area contributed by atoms with E-state index >= 15 is 0 Å². The Labute approximate surface area is 127 Å². The van der Waals surface area contributed by atoms with Crippen LogP contribution in [0.5, 0.6) is 5.75 Å². The summed E-state index contributed by atoms with van der Waals surface area (Å²) in [6, 6.07) is 5.71. The van der Waals surface area contributed by atoms with E-state index in [0.29, 0.717) is 17.6 Å². The van der Waals surface area contributed by atoms with Crippen molar-refractivity contribution in [2.45, 2.75) is 38.2 Å². The second-order valence-electron chi connectivity index (χ2n) is 7.44. The Morgan fingerprint density at radius 1 is 1.29 bits per heavy atom. The van der Waals surface area contributed by atoms with Crippen LogP contribution in [-0.4, -0.2) is 35.8 Å². The molecule has 0 heterocycles. The van der Waals surface area contributed by atoms with Crippen molar-refractivity contribution in [3.63, 3.8) is 0 Å². The normalized spacial score (nSPS) is 35.4. The van der Waals surface area contributed by atoms with Gasteiger partial charge in [0.1, 0.15) is 5.75 Å². The van der Waals surface area contributed by atoms with Gasteiger partial charge in [0.05, 0.1) is 5.60 Å². The third-order valence-corrected chi connectivity index (χ3v) is 5.63. The first-order valence-electron chi connectivity index (χ1n) is 8.07. The van der Waals surface area contributed by atoms with Gasteiger partial charge in [-0.25, -0.2) is 0 Å². The Kier molecular flexibility index (Phi) is 3.74. The quantitative estimate of drug-likeness (QED) is 0.899. The topological polar surface area (TPSA) is 43.7 Å². The largest absolute Gasteiger partial charge is 0.508 e. The molecule has 2 N–H and O–H groups in total. The molecule has 0 spiro atoms. The maximum atomic E-state index is 11.5. The van der Waals surface area contributed by atoms with Gasteiger partial charge in [-0.1, -0.05) is 18.6 Å². The molecule has 0 aromatic heterocycles. The third kappa shape index (κ3) is 2.58. The van der Waals surface area contributed by atoms with Crippen molar-refractivity contribution < 1.29 is 10.2 Å². The molecule has 2 fully saturated rings. The number of benzene rings is 1. The summed E-state index contributed by atoms with van der Waals surface area (Å²) in [7, 11) is 4.15. The highest BCUT2D eigenvalue weighted by molar-refractivity contribution is 5.39. The highest BCUT2D eigenvalue weighted by Crippen LogP contribution is 2.54.